The highest BCUT2D eigenvalue weighted by atomic mass is 32.1. The number of thiazole rings is 1. The first-order valence-electron chi connectivity index (χ1n) is 10.8. The van der Waals surface area contributed by atoms with Crippen molar-refractivity contribution in [2.75, 3.05) is 19.0 Å². The molecule has 8 nitrogen and oxygen atoms in total. The van der Waals surface area contributed by atoms with Crippen molar-refractivity contribution in [3.05, 3.63) is 68.5 Å². The van der Waals surface area contributed by atoms with Gasteiger partial charge in [0.15, 0.2) is 5.13 Å². The molecule has 0 aliphatic carbocycles. The van der Waals surface area contributed by atoms with Crippen molar-refractivity contribution >= 4 is 56.5 Å². The number of H-pyrrole nitrogens is 1. The Balaban J connectivity index is 1.24. The summed E-state index contributed by atoms with van der Waals surface area (Å²) in [5, 5.41) is 7.98. The first-order valence-corrected chi connectivity index (χ1v) is 12.5. The fourth-order valence-corrected chi connectivity index (χ4v) is 5.55. The molecule has 174 valence electrons. The molecule has 0 saturated carbocycles. The molecule has 0 fully saturated rings. The molecule has 0 radical (unpaired) electrons. The second-order valence-corrected chi connectivity index (χ2v) is 9.91. The molecule has 5 rings (SSSR count). The smallest absolute Gasteiger partial charge is 0.337 e. The van der Waals surface area contributed by atoms with Gasteiger partial charge in [0.1, 0.15) is 0 Å². The summed E-state index contributed by atoms with van der Waals surface area (Å²) in [6.45, 7) is 1.07. The highest BCUT2D eigenvalue weighted by Gasteiger charge is 2.25. The van der Waals surface area contributed by atoms with E-state index in [0.717, 1.165) is 27.0 Å². The van der Waals surface area contributed by atoms with Gasteiger partial charge in [-0.25, -0.2) is 9.78 Å². The number of hydrogen-bond acceptors (Lipinski definition) is 7. The Bertz CT molecular complexity index is 1370. The van der Waals surface area contributed by atoms with Crippen LogP contribution in [0.3, 0.4) is 0 Å². The van der Waals surface area contributed by atoms with E-state index in [2.05, 4.69) is 15.3 Å². The van der Waals surface area contributed by atoms with Crippen molar-refractivity contribution in [3.63, 3.8) is 0 Å². The standard InChI is InChI=1S/C24H22N4O4S2/c1-32-23(31)14-4-5-19-17(9-14)18-12-28(7-6-20(18)26-19)22(30)10-15-13-34-24(25-15)27-21(29)11-16-3-2-8-33-16/h2-5,8-9,13,26H,6-7,10-12H2,1H3,(H,25,27,29). The SMILES string of the molecule is COC(=O)c1ccc2[nH]c3c(c2c1)CN(C(=O)Cc1csc(NC(=O)Cc2cccs2)n1)CC3. The molecule has 10 heteroatoms. The second-order valence-electron chi connectivity index (χ2n) is 8.02. The number of carbonyl (C=O) groups excluding carboxylic acids is 3. The summed E-state index contributed by atoms with van der Waals surface area (Å²) in [7, 11) is 1.36. The van der Waals surface area contributed by atoms with Crippen molar-refractivity contribution in [1.82, 2.24) is 14.9 Å². The molecule has 4 heterocycles. The molecule has 0 atom stereocenters. The lowest BCUT2D eigenvalue weighted by atomic mass is 10.0. The minimum absolute atomic E-state index is 0.0223. The van der Waals surface area contributed by atoms with E-state index in [9.17, 15) is 14.4 Å². The Morgan fingerprint density at radius 3 is 2.88 bits per heavy atom. The topological polar surface area (TPSA) is 104 Å². The third-order valence-corrected chi connectivity index (χ3v) is 7.48. The number of ether oxygens (including phenoxy) is 1. The predicted octanol–water partition coefficient (Wildman–Crippen LogP) is 3.78. The third kappa shape index (κ3) is 4.59. The van der Waals surface area contributed by atoms with Crippen molar-refractivity contribution in [1.29, 1.82) is 0 Å². The van der Waals surface area contributed by atoms with Gasteiger partial charge in [0.05, 0.1) is 31.2 Å². The Morgan fingerprint density at radius 1 is 1.21 bits per heavy atom. The van der Waals surface area contributed by atoms with Crippen LogP contribution in [0.4, 0.5) is 5.13 Å². The molecule has 0 unspecified atom stereocenters. The average Bonchev–Trinajstić information content (AvgIpc) is 3.58. The number of fused-ring (bicyclic) bond motifs is 3. The number of thiophene rings is 1. The first kappa shape index (κ1) is 22.3. The van der Waals surface area contributed by atoms with Crippen molar-refractivity contribution in [2.24, 2.45) is 0 Å². The van der Waals surface area contributed by atoms with Crippen LogP contribution in [0.25, 0.3) is 10.9 Å². The van der Waals surface area contributed by atoms with Gasteiger partial charge >= 0.3 is 5.97 Å². The number of carbonyl (C=O) groups is 3. The maximum absolute atomic E-state index is 13.0. The number of aromatic amines is 1. The highest BCUT2D eigenvalue weighted by Crippen LogP contribution is 2.29. The van der Waals surface area contributed by atoms with E-state index in [0.29, 0.717) is 42.3 Å². The van der Waals surface area contributed by atoms with Gasteiger partial charge in [0.25, 0.3) is 0 Å². The van der Waals surface area contributed by atoms with Gasteiger partial charge in [-0.05, 0) is 29.6 Å². The Morgan fingerprint density at radius 2 is 2.09 bits per heavy atom. The van der Waals surface area contributed by atoms with E-state index in [-0.39, 0.29) is 24.2 Å². The zero-order valence-corrected chi connectivity index (χ0v) is 20.1. The van der Waals surface area contributed by atoms with Gasteiger partial charge in [0.2, 0.25) is 11.8 Å². The number of methoxy groups -OCH3 is 1. The van der Waals surface area contributed by atoms with Crippen LogP contribution in [0.5, 0.6) is 0 Å². The van der Waals surface area contributed by atoms with Crippen LogP contribution >= 0.6 is 22.7 Å². The maximum Gasteiger partial charge on any atom is 0.337 e. The zero-order valence-electron chi connectivity index (χ0n) is 18.4. The van der Waals surface area contributed by atoms with Crippen LogP contribution in [-0.2, 0) is 40.1 Å². The molecular formula is C24H22N4O4S2. The maximum atomic E-state index is 13.0. The normalized spacial score (nSPS) is 13.0. The van der Waals surface area contributed by atoms with Crippen LogP contribution in [0.15, 0.2) is 41.1 Å². The number of hydrogen-bond donors (Lipinski definition) is 2. The number of nitrogens with one attached hydrogen (secondary N) is 2. The Hall–Kier alpha value is -3.50. The van der Waals surface area contributed by atoms with Gasteiger partial charge in [-0.15, -0.1) is 22.7 Å². The van der Waals surface area contributed by atoms with Crippen LogP contribution in [0.2, 0.25) is 0 Å². The molecule has 3 aromatic heterocycles. The summed E-state index contributed by atoms with van der Waals surface area (Å²) < 4.78 is 4.84. The molecule has 1 aliphatic rings. The van der Waals surface area contributed by atoms with Crippen LogP contribution < -0.4 is 5.32 Å². The molecule has 1 aromatic carbocycles. The predicted molar refractivity (Wildman–Crippen MR) is 131 cm³/mol. The van der Waals surface area contributed by atoms with Crippen molar-refractivity contribution in [3.8, 4) is 0 Å². The van der Waals surface area contributed by atoms with Gasteiger partial charge in [-0.3, -0.25) is 9.59 Å². The first-order chi connectivity index (χ1) is 16.5. The van der Waals surface area contributed by atoms with Crippen molar-refractivity contribution < 1.29 is 19.1 Å². The van der Waals surface area contributed by atoms with E-state index in [1.807, 2.05) is 39.9 Å². The number of amides is 2. The monoisotopic (exact) mass is 494 g/mol. The van der Waals surface area contributed by atoms with Gasteiger partial charge in [-0.2, -0.15) is 0 Å². The van der Waals surface area contributed by atoms with E-state index in [1.54, 1.807) is 6.07 Å². The molecular weight excluding hydrogens is 472 g/mol. The van der Waals surface area contributed by atoms with E-state index >= 15 is 0 Å². The molecule has 34 heavy (non-hydrogen) atoms. The summed E-state index contributed by atoms with van der Waals surface area (Å²) in [4.78, 5) is 47.8. The molecule has 0 bridgehead atoms. The van der Waals surface area contributed by atoms with Crippen LogP contribution in [0, 0.1) is 0 Å². The average molecular weight is 495 g/mol. The highest BCUT2D eigenvalue weighted by molar-refractivity contribution is 7.14. The van der Waals surface area contributed by atoms with Gasteiger partial charge in [-0.1, -0.05) is 6.07 Å². The largest absolute Gasteiger partial charge is 0.465 e. The lowest BCUT2D eigenvalue weighted by molar-refractivity contribution is -0.131. The summed E-state index contributed by atoms with van der Waals surface area (Å²) in [5.74, 6) is -0.530. The quantitative estimate of drug-likeness (QED) is 0.397. The lowest BCUT2D eigenvalue weighted by Crippen LogP contribution is -2.36. The van der Waals surface area contributed by atoms with E-state index < -0.39 is 0 Å². The molecule has 0 spiro atoms. The minimum Gasteiger partial charge on any atom is -0.465 e. The summed E-state index contributed by atoms with van der Waals surface area (Å²) in [5.41, 5.74) is 4.18. The fraction of sp³-hybridized carbons (Fsp3) is 0.250. The summed E-state index contributed by atoms with van der Waals surface area (Å²) in [6, 6.07) is 9.26. The Labute approximate surface area is 203 Å². The number of aromatic nitrogens is 2. The Kier molecular flexibility index (Phi) is 6.16. The summed E-state index contributed by atoms with van der Waals surface area (Å²) in [6.07, 6.45) is 1.19. The zero-order chi connectivity index (χ0) is 23.7. The molecule has 1 aliphatic heterocycles. The number of esters is 1. The number of nitrogens with zero attached hydrogens (tertiary/aromatic N) is 2. The number of anilines is 1. The minimum atomic E-state index is -0.387. The van der Waals surface area contributed by atoms with Crippen molar-refractivity contribution in [2.45, 2.75) is 25.8 Å². The van der Waals surface area contributed by atoms with E-state index in [4.69, 9.17) is 4.74 Å². The number of rotatable bonds is 6. The molecule has 2 N–H and O–H groups in total. The van der Waals surface area contributed by atoms with Gasteiger partial charge < -0.3 is 19.9 Å². The second kappa shape index (κ2) is 9.40. The van der Waals surface area contributed by atoms with Gasteiger partial charge in [0, 0.05) is 51.9 Å². The van der Waals surface area contributed by atoms with Crippen LogP contribution in [-0.4, -0.2) is 46.3 Å². The number of benzene rings is 1. The molecule has 2 amide bonds. The third-order valence-electron chi connectivity index (χ3n) is 5.79. The van der Waals surface area contributed by atoms with E-state index in [1.165, 1.54) is 29.8 Å². The molecule has 0 saturated heterocycles. The molecule has 4 aromatic rings. The summed E-state index contributed by atoms with van der Waals surface area (Å²) >= 11 is 2.86. The fourth-order valence-electron chi connectivity index (χ4n) is 4.12. The van der Waals surface area contributed by atoms with Crippen LogP contribution in [0.1, 0.15) is 32.2 Å². The lowest BCUT2D eigenvalue weighted by Gasteiger charge is -2.27.